The second kappa shape index (κ2) is 4.72. The highest BCUT2D eigenvalue weighted by atomic mass is 79.9. The minimum Gasteiger partial charge on any atom is -0.453 e. The molecule has 2 heterocycles. The zero-order chi connectivity index (χ0) is 9.80. The van der Waals surface area contributed by atoms with Crippen molar-refractivity contribution in [3.8, 4) is 0 Å². The Kier molecular flexibility index (Phi) is 3.34. The van der Waals surface area contributed by atoms with E-state index in [1.54, 1.807) is 11.3 Å². The van der Waals surface area contributed by atoms with E-state index in [-0.39, 0.29) is 0 Å². The molecule has 0 aliphatic carbocycles. The standard InChI is InChI=1S/C9H9BrN2OS/c10-8-2-1-7(13-8)5-11-6-9-12-3-4-14-9/h1-4,11H,5-6H2. The molecule has 5 heteroatoms. The van der Waals surface area contributed by atoms with Crippen LogP contribution in [0.5, 0.6) is 0 Å². The van der Waals surface area contributed by atoms with Crippen molar-refractivity contribution in [3.63, 3.8) is 0 Å². The third-order valence-electron chi connectivity index (χ3n) is 1.69. The Bertz CT molecular complexity index is 385. The quantitative estimate of drug-likeness (QED) is 0.930. The summed E-state index contributed by atoms with van der Waals surface area (Å²) < 4.78 is 6.11. The predicted molar refractivity (Wildman–Crippen MR) is 59.1 cm³/mol. The molecule has 0 saturated carbocycles. The fourth-order valence-corrected chi connectivity index (χ4v) is 2.01. The maximum atomic E-state index is 5.34. The van der Waals surface area contributed by atoms with Crippen LogP contribution < -0.4 is 5.32 Å². The molecule has 0 fully saturated rings. The van der Waals surface area contributed by atoms with Gasteiger partial charge in [-0.1, -0.05) is 0 Å². The van der Waals surface area contributed by atoms with Crippen LogP contribution in [0.4, 0.5) is 0 Å². The van der Waals surface area contributed by atoms with Crippen LogP contribution >= 0.6 is 27.3 Å². The Morgan fingerprint density at radius 3 is 3.00 bits per heavy atom. The van der Waals surface area contributed by atoms with E-state index < -0.39 is 0 Å². The van der Waals surface area contributed by atoms with E-state index in [0.29, 0.717) is 0 Å². The van der Waals surface area contributed by atoms with Crippen molar-refractivity contribution < 1.29 is 4.42 Å². The van der Waals surface area contributed by atoms with Crippen LogP contribution in [0, 0.1) is 0 Å². The van der Waals surface area contributed by atoms with Gasteiger partial charge in [-0.05, 0) is 28.1 Å². The van der Waals surface area contributed by atoms with E-state index in [2.05, 4.69) is 26.2 Å². The molecule has 0 saturated heterocycles. The van der Waals surface area contributed by atoms with E-state index in [0.717, 1.165) is 28.5 Å². The van der Waals surface area contributed by atoms with Gasteiger partial charge in [-0.2, -0.15) is 0 Å². The summed E-state index contributed by atoms with van der Waals surface area (Å²) in [5.74, 6) is 0.924. The number of halogens is 1. The summed E-state index contributed by atoms with van der Waals surface area (Å²) in [7, 11) is 0. The van der Waals surface area contributed by atoms with E-state index in [1.807, 2.05) is 23.7 Å². The minimum atomic E-state index is 0.727. The van der Waals surface area contributed by atoms with E-state index >= 15 is 0 Å². The average molecular weight is 273 g/mol. The van der Waals surface area contributed by atoms with Gasteiger partial charge in [0.1, 0.15) is 10.8 Å². The van der Waals surface area contributed by atoms with Crippen LogP contribution in [0.3, 0.4) is 0 Å². The first-order valence-electron chi connectivity index (χ1n) is 4.18. The molecule has 14 heavy (non-hydrogen) atoms. The normalized spacial score (nSPS) is 10.6. The number of furan rings is 1. The lowest BCUT2D eigenvalue weighted by molar-refractivity contribution is 0.465. The number of hydrogen-bond donors (Lipinski definition) is 1. The Morgan fingerprint density at radius 2 is 2.36 bits per heavy atom. The summed E-state index contributed by atoms with van der Waals surface area (Å²) in [5, 5.41) is 6.32. The lowest BCUT2D eigenvalue weighted by Gasteiger charge is -1.98. The van der Waals surface area contributed by atoms with Crippen LogP contribution in [0.1, 0.15) is 10.8 Å². The Labute approximate surface area is 94.3 Å². The van der Waals surface area contributed by atoms with Gasteiger partial charge >= 0.3 is 0 Å². The Morgan fingerprint density at radius 1 is 1.43 bits per heavy atom. The smallest absolute Gasteiger partial charge is 0.169 e. The van der Waals surface area contributed by atoms with E-state index in [9.17, 15) is 0 Å². The average Bonchev–Trinajstić information content (AvgIpc) is 2.77. The van der Waals surface area contributed by atoms with Gasteiger partial charge in [-0.15, -0.1) is 11.3 Å². The molecule has 1 N–H and O–H groups in total. The summed E-state index contributed by atoms with van der Waals surface area (Å²) in [4.78, 5) is 4.17. The number of thiazole rings is 1. The summed E-state index contributed by atoms with van der Waals surface area (Å²) in [5.41, 5.74) is 0. The van der Waals surface area contributed by atoms with Gasteiger partial charge in [-0.3, -0.25) is 0 Å². The summed E-state index contributed by atoms with van der Waals surface area (Å²) in [6.45, 7) is 1.52. The molecule has 0 aromatic carbocycles. The topological polar surface area (TPSA) is 38.1 Å². The van der Waals surface area contributed by atoms with Gasteiger partial charge in [0.15, 0.2) is 4.67 Å². The largest absolute Gasteiger partial charge is 0.453 e. The molecule has 0 atom stereocenters. The highest BCUT2D eigenvalue weighted by molar-refractivity contribution is 9.10. The first-order valence-corrected chi connectivity index (χ1v) is 5.85. The molecule has 0 aliphatic heterocycles. The third-order valence-corrected chi connectivity index (χ3v) is 2.89. The molecule has 2 aromatic rings. The molecule has 0 bridgehead atoms. The van der Waals surface area contributed by atoms with Gasteiger partial charge < -0.3 is 9.73 Å². The maximum Gasteiger partial charge on any atom is 0.169 e. The first kappa shape index (κ1) is 9.89. The Balaban J connectivity index is 1.78. The first-order chi connectivity index (χ1) is 6.84. The summed E-state index contributed by atoms with van der Waals surface area (Å²) >= 11 is 4.91. The monoisotopic (exact) mass is 272 g/mol. The van der Waals surface area contributed by atoms with Gasteiger partial charge in [0, 0.05) is 18.1 Å². The maximum absolute atomic E-state index is 5.34. The van der Waals surface area contributed by atoms with Crippen LogP contribution in [-0.2, 0) is 13.1 Å². The zero-order valence-electron chi connectivity index (χ0n) is 7.37. The third kappa shape index (κ3) is 2.67. The van der Waals surface area contributed by atoms with E-state index in [1.165, 1.54) is 0 Å². The fourth-order valence-electron chi connectivity index (χ4n) is 1.08. The molecule has 2 aromatic heterocycles. The molecular weight excluding hydrogens is 264 g/mol. The molecule has 0 radical (unpaired) electrons. The van der Waals surface area contributed by atoms with Crippen LogP contribution in [0.25, 0.3) is 0 Å². The highest BCUT2D eigenvalue weighted by Crippen LogP contribution is 2.13. The minimum absolute atomic E-state index is 0.727. The molecule has 0 amide bonds. The highest BCUT2D eigenvalue weighted by Gasteiger charge is 1.99. The van der Waals surface area contributed by atoms with Crippen LogP contribution in [0.2, 0.25) is 0 Å². The van der Waals surface area contributed by atoms with E-state index in [4.69, 9.17) is 4.42 Å². The number of aromatic nitrogens is 1. The van der Waals surface area contributed by atoms with Gasteiger partial charge in [0.05, 0.1) is 6.54 Å². The number of nitrogens with one attached hydrogen (secondary N) is 1. The predicted octanol–water partition coefficient (Wildman–Crippen LogP) is 2.79. The van der Waals surface area contributed by atoms with Crippen molar-refractivity contribution in [2.24, 2.45) is 0 Å². The van der Waals surface area contributed by atoms with Crippen molar-refractivity contribution in [3.05, 3.63) is 39.1 Å². The molecule has 0 spiro atoms. The lowest BCUT2D eigenvalue weighted by Crippen LogP contribution is -2.11. The number of hydrogen-bond acceptors (Lipinski definition) is 4. The molecule has 3 nitrogen and oxygen atoms in total. The number of rotatable bonds is 4. The Hall–Kier alpha value is -0.650. The van der Waals surface area contributed by atoms with Crippen LogP contribution in [-0.4, -0.2) is 4.98 Å². The second-order valence-electron chi connectivity index (χ2n) is 2.74. The summed E-state index contributed by atoms with van der Waals surface area (Å²) in [6, 6.07) is 3.83. The lowest BCUT2D eigenvalue weighted by atomic mass is 10.4. The van der Waals surface area contributed by atoms with Gasteiger partial charge in [-0.25, -0.2) is 4.98 Å². The van der Waals surface area contributed by atoms with Gasteiger partial charge in [0.25, 0.3) is 0 Å². The number of nitrogens with zero attached hydrogens (tertiary/aromatic N) is 1. The van der Waals surface area contributed by atoms with Crippen molar-refractivity contribution in [1.29, 1.82) is 0 Å². The van der Waals surface area contributed by atoms with Crippen molar-refractivity contribution in [2.45, 2.75) is 13.1 Å². The van der Waals surface area contributed by atoms with Crippen molar-refractivity contribution in [1.82, 2.24) is 10.3 Å². The molecular formula is C9H9BrN2OS. The summed E-state index contributed by atoms with van der Waals surface area (Å²) in [6.07, 6.45) is 1.81. The van der Waals surface area contributed by atoms with Crippen LogP contribution in [0.15, 0.2) is 32.8 Å². The molecule has 0 unspecified atom stereocenters. The zero-order valence-corrected chi connectivity index (χ0v) is 9.77. The molecule has 2 rings (SSSR count). The van der Waals surface area contributed by atoms with Gasteiger partial charge in [0.2, 0.25) is 0 Å². The fraction of sp³-hybridized carbons (Fsp3) is 0.222. The molecule has 0 aliphatic rings. The molecule has 74 valence electrons. The van der Waals surface area contributed by atoms with Crippen molar-refractivity contribution >= 4 is 27.3 Å². The second-order valence-corrected chi connectivity index (χ2v) is 4.50. The SMILES string of the molecule is Brc1ccc(CNCc2nccs2)o1. The van der Waals surface area contributed by atoms with Crippen molar-refractivity contribution in [2.75, 3.05) is 0 Å².